The second-order valence-corrected chi connectivity index (χ2v) is 5.55. The van der Waals surface area contributed by atoms with Crippen LogP contribution in [0.5, 0.6) is 5.75 Å². The number of aryl methyl sites for hydroxylation is 2. The van der Waals surface area contributed by atoms with Crippen LogP contribution >= 0.6 is 15.9 Å². The van der Waals surface area contributed by atoms with Gasteiger partial charge in [0.2, 0.25) is 0 Å². The van der Waals surface area contributed by atoms with Crippen LogP contribution in [-0.2, 0) is 6.42 Å². The first kappa shape index (κ1) is 14.1. The summed E-state index contributed by atoms with van der Waals surface area (Å²) >= 11 is 3.84. The third kappa shape index (κ3) is 3.01. The van der Waals surface area contributed by atoms with Crippen molar-refractivity contribution in [2.24, 2.45) is 0 Å². The molecule has 0 radical (unpaired) electrons. The molecule has 0 saturated heterocycles. The van der Waals surface area contributed by atoms with Gasteiger partial charge >= 0.3 is 0 Å². The van der Waals surface area contributed by atoms with Gasteiger partial charge in [-0.3, -0.25) is 0 Å². The van der Waals surface area contributed by atoms with E-state index in [0.29, 0.717) is 0 Å². The summed E-state index contributed by atoms with van der Waals surface area (Å²) in [5.74, 6) is 0.907. The molecule has 2 aromatic carbocycles. The molecule has 1 nitrogen and oxygen atoms in total. The van der Waals surface area contributed by atoms with E-state index in [1.807, 2.05) is 6.07 Å². The Morgan fingerprint density at radius 3 is 2.47 bits per heavy atom. The Hall–Kier alpha value is -1.28. The average Bonchev–Trinajstić information content (AvgIpc) is 2.46. The van der Waals surface area contributed by atoms with E-state index >= 15 is 0 Å². The van der Waals surface area contributed by atoms with Gasteiger partial charge in [-0.25, -0.2) is 0 Å². The highest BCUT2D eigenvalue weighted by Gasteiger charge is 2.15. The normalized spacial score (nSPS) is 12.2. The van der Waals surface area contributed by atoms with Crippen molar-refractivity contribution in [2.45, 2.75) is 25.1 Å². The van der Waals surface area contributed by atoms with Gasteiger partial charge in [-0.2, -0.15) is 0 Å². The molecule has 19 heavy (non-hydrogen) atoms. The van der Waals surface area contributed by atoms with Crippen LogP contribution in [0.3, 0.4) is 0 Å². The Kier molecular flexibility index (Phi) is 4.65. The second-order valence-electron chi connectivity index (χ2n) is 4.64. The van der Waals surface area contributed by atoms with Gasteiger partial charge in [0.15, 0.2) is 0 Å². The molecule has 0 aliphatic heterocycles. The van der Waals surface area contributed by atoms with Crippen LogP contribution in [-0.4, -0.2) is 7.11 Å². The molecule has 1 unspecified atom stereocenters. The fraction of sp³-hybridized carbons (Fsp3) is 0.294. The Labute approximate surface area is 123 Å². The molecular weight excluding hydrogens is 300 g/mol. The molecule has 0 fully saturated rings. The van der Waals surface area contributed by atoms with Crippen LogP contribution in [0.15, 0.2) is 42.5 Å². The zero-order chi connectivity index (χ0) is 13.8. The lowest BCUT2D eigenvalue weighted by Crippen LogP contribution is -2.00. The van der Waals surface area contributed by atoms with Gasteiger partial charge in [0, 0.05) is 0 Å². The lowest BCUT2D eigenvalue weighted by molar-refractivity contribution is 0.414. The molecule has 0 spiro atoms. The summed E-state index contributed by atoms with van der Waals surface area (Å²) in [5.41, 5.74) is 5.27. The summed E-state index contributed by atoms with van der Waals surface area (Å²) < 4.78 is 5.27. The Balaban J connectivity index is 2.41. The zero-order valence-electron chi connectivity index (χ0n) is 11.6. The second kappa shape index (κ2) is 6.25. The van der Waals surface area contributed by atoms with Crippen molar-refractivity contribution >= 4 is 15.9 Å². The standard InChI is InChI=1S/C17H19BrO/c1-4-13-7-5-6-8-16(13)17(18)15-10-9-14(19-3)11-12(15)2/h5-11,17H,4H2,1-3H3. The predicted molar refractivity (Wildman–Crippen MR) is 84.3 cm³/mol. The van der Waals surface area contributed by atoms with Crippen molar-refractivity contribution < 1.29 is 4.74 Å². The number of benzene rings is 2. The lowest BCUT2D eigenvalue weighted by Gasteiger charge is -2.17. The molecule has 0 aliphatic carbocycles. The summed E-state index contributed by atoms with van der Waals surface area (Å²) in [6.07, 6.45) is 1.05. The third-order valence-electron chi connectivity index (χ3n) is 3.46. The van der Waals surface area contributed by atoms with Crippen molar-refractivity contribution in [3.8, 4) is 5.75 Å². The minimum atomic E-state index is 0.231. The molecule has 0 amide bonds. The van der Waals surface area contributed by atoms with Gasteiger partial charge in [-0.1, -0.05) is 53.2 Å². The molecule has 2 heteroatoms. The van der Waals surface area contributed by atoms with E-state index in [4.69, 9.17) is 4.74 Å². The maximum absolute atomic E-state index is 5.27. The third-order valence-corrected chi connectivity index (χ3v) is 4.45. The van der Waals surface area contributed by atoms with Crippen molar-refractivity contribution in [3.63, 3.8) is 0 Å². The molecule has 0 aliphatic rings. The van der Waals surface area contributed by atoms with E-state index < -0.39 is 0 Å². The highest BCUT2D eigenvalue weighted by atomic mass is 79.9. The van der Waals surface area contributed by atoms with E-state index in [1.165, 1.54) is 22.3 Å². The van der Waals surface area contributed by atoms with Gasteiger partial charge in [0.25, 0.3) is 0 Å². The number of rotatable bonds is 4. The molecule has 0 saturated carbocycles. The highest BCUT2D eigenvalue weighted by Crippen LogP contribution is 2.36. The average molecular weight is 319 g/mol. The SMILES string of the molecule is CCc1ccccc1C(Br)c1ccc(OC)cc1C. The topological polar surface area (TPSA) is 9.23 Å². The van der Waals surface area contributed by atoms with Crippen LogP contribution in [0, 0.1) is 6.92 Å². The maximum Gasteiger partial charge on any atom is 0.119 e. The quantitative estimate of drug-likeness (QED) is 0.717. The fourth-order valence-corrected chi connectivity index (χ4v) is 3.29. The van der Waals surface area contributed by atoms with Crippen molar-refractivity contribution in [2.75, 3.05) is 7.11 Å². The van der Waals surface area contributed by atoms with Crippen molar-refractivity contribution in [1.82, 2.24) is 0 Å². The van der Waals surface area contributed by atoms with Crippen LogP contribution in [0.2, 0.25) is 0 Å². The summed E-state index contributed by atoms with van der Waals surface area (Å²) in [4.78, 5) is 0.231. The summed E-state index contributed by atoms with van der Waals surface area (Å²) in [6.45, 7) is 4.32. The number of ether oxygens (including phenoxy) is 1. The number of hydrogen-bond acceptors (Lipinski definition) is 1. The van der Waals surface area contributed by atoms with Gasteiger partial charge < -0.3 is 4.74 Å². The minimum absolute atomic E-state index is 0.231. The first-order valence-corrected chi connectivity index (χ1v) is 7.45. The Morgan fingerprint density at radius 2 is 1.84 bits per heavy atom. The summed E-state index contributed by atoms with van der Waals surface area (Å²) in [5, 5.41) is 0. The number of hydrogen-bond donors (Lipinski definition) is 0. The molecule has 0 heterocycles. The van der Waals surface area contributed by atoms with E-state index in [9.17, 15) is 0 Å². The van der Waals surface area contributed by atoms with E-state index in [1.54, 1.807) is 7.11 Å². The van der Waals surface area contributed by atoms with E-state index in [0.717, 1.165) is 12.2 Å². The zero-order valence-corrected chi connectivity index (χ0v) is 13.2. The van der Waals surface area contributed by atoms with Crippen molar-refractivity contribution in [3.05, 3.63) is 64.7 Å². The highest BCUT2D eigenvalue weighted by molar-refractivity contribution is 9.09. The number of methoxy groups -OCH3 is 1. The predicted octanol–water partition coefficient (Wildman–Crippen LogP) is 5.05. The number of halogens is 1. The molecule has 2 rings (SSSR count). The summed E-state index contributed by atoms with van der Waals surface area (Å²) in [6, 6.07) is 14.8. The molecule has 0 aromatic heterocycles. The van der Waals surface area contributed by atoms with Crippen molar-refractivity contribution in [1.29, 1.82) is 0 Å². The molecule has 0 bridgehead atoms. The van der Waals surface area contributed by atoms with E-state index in [2.05, 4.69) is 66.2 Å². The van der Waals surface area contributed by atoms with Crippen LogP contribution in [0.4, 0.5) is 0 Å². The fourth-order valence-electron chi connectivity index (χ4n) is 2.33. The van der Waals surface area contributed by atoms with Crippen LogP contribution < -0.4 is 4.74 Å². The number of alkyl halides is 1. The van der Waals surface area contributed by atoms with Gasteiger partial charge in [0.05, 0.1) is 11.9 Å². The largest absolute Gasteiger partial charge is 0.497 e. The monoisotopic (exact) mass is 318 g/mol. The molecule has 2 aromatic rings. The molecule has 100 valence electrons. The van der Waals surface area contributed by atoms with Gasteiger partial charge in [-0.15, -0.1) is 0 Å². The minimum Gasteiger partial charge on any atom is -0.497 e. The Bertz CT molecular complexity index is 563. The molecular formula is C17H19BrO. The smallest absolute Gasteiger partial charge is 0.119 e. The van der Waals surface area contributed by atoms with Crippen LogP contribution in [0.1, 0.15) is 34.0 Å². The molecule has 1 atom stereocenters. The Morgan fingerprint density at radius 1 is 1.11 bits per heavy atom. The summed E-state index contributed by atoms with van der Waals surface area (Å²) in [7, 11) is 1.70. The maximum atomic E-state index is 5.27. The van der Waals surface area contributed by atoms with Crippen LogP contribution in [0.25, 0.3) is 0 Å². The lowest BCUT2D eigenvalue weighted by atomic mass is 9.95. The van der Waals surface area contributed by atoms with E-state index in [-0.39, 0.29) is 4.83 Å². The van der Waals surface area contributed by atoms with Gasteiger partial charge in [-0.05, 0) is 47.7 Å². The first-order valence-electron chi connectivity index (χ1n) is 6.53. The first-order chi connectivity index (χ1) is 9.17. The van der Waals surface area contributed by atoms with Gasteiger partial charge in [0.1, 0.15) is 5.75 Å². The molecule has 0 N–H and O–H groups in total.